The van der Waals surface area contributed by atoms with Gasteiger partial charge in [0.1, 0.15) is 29.7 Å². The van der Waals surface area contributed by atoms with E-state index in [1.165, 1.54) is 6.33 Å². The van der Waals surface area contributed by atoms with E-state index in [9.17, 15) is 14.9 Å². The normalized spacial score (nSPS) is 19.0. The molecule has 2 N–H and O–H groups in total. The number of imidazole rings is 1. The third-order valence-corrected chi connectivity index (χ3v) is 19.1. The van der Waals surface area contributed by atoms with Crippen LogP contribution in [0.4, 0.5) is 5.95 Å². The first kappa shape index (κ1) is 54.5. The van der Waals surface area contributed by atoms with E-state index in [-0.39, 0.29) is 79.2 Å². The minimum Gasteiger partial charge on any atom is -0.497 e. The molecule has 0 spiro atoms. The maximum Gasteiger partial charge on any atom is 0.280 e. The minimum absolute atomic E-state index is 0. The van der Waals surface area contributed by atoms with E-state index in [0.29, 0.717) is 5.75 Å². The number of aromatic nitrogens is 4. The number of anilines is 1. The summed E-state index contributed by atoms with van der Waals surface area (Å²) >= 11 is 0. The number of nitriles is 1. The Morgan fingerprint density at radius 3 is 2.12 bits per heavy atom. The summed E-state index contributed by atoms with van der Waals surface area (Å²) in [5, 5.41) is 12.1. The van der Waals surface area contributed by atoms with Crippen LogP contribution in [0.15, 0.2) is 90.0 Å². The van der Waals surface area contributed by atoms with Crippen LogP contribution in [0.5, 0.6) is 5.75 Å². The second-order valence-electron chi connectivity index (χ2n) is 19.4. The van der Waals surface area contributed by atoms with E-state index < -0.39 is 52.5 Å². The van der Waals surface area contributed by atoms with E-state index in [2.05, 4.69) is 131 Å². The number of H-pyrrole nitrogens is 1. The molecule has 0 radical (unpaired) electrons. The van der Waals surface area contributed by atoms with Gasteiger partial charge in [0, 0.05) is 18.0 Å². The van der Waals surface area contributed by atoms with Crippen LogP contribution in [0.2, 0.25) is 18.1 Å². The number of benzene rings is 3. The van der Waals surface area contributed by atoms with Crippen molar-refractivity contribution >= 4 is 53.4 Å². The first-order chi connectivity index (χ1) is 31.7. The number of nitrogens with zero attached hydrogens (tertiary/aromatic N) is 5. The van der Waals surface area contributed by atoms with Crippen LogP contribution in [0, 0.1) is 24.2 Å². The Morgan fingerprint density at radius 1 is 0.956 bits per heavy atom. The first-order valence-electron chi connectivity index (χ1n) is 23.0. The third kappa shape index (κ3) is 11.9. The lowest BCUT2D eigenvalue weighted by Crippen LogP contribution is -2.51. The van der Waals surface area contributed by atoms with E-state index in [1.807, 2.05) is 42.5 Å². The van der Waals surface area contributed by atoms with Crippen LogP contribution in [-0.2, 0) is 33.3 Å². The standard InChI is InChI=1S/C50H68N7O8PSi.H2S/c1-32(2)45(58)54-48-53-44-41(46(59)55-48)52-31-56(44)47-43(64-66(62-29-17-28-51)57(33(3)4)34(5)6)42(65-67(12,13)49(8,9)10)40(63-47)30-61-50(36-18-15-14-16-19-36,37-22-20-35(7)21-23-37)38-24-26-39(60-11)27-25-38;/h14-16,18-27,31-34,40,42-43,47H,17,29-30H2,1-13H3,(H2,53,54,55,58,59);1H2/t40-,42?,43+,47-,50?,66?;/m1./s1. The fourth-order valence-electron chi connectivity index (χ4n) is 7.91. The van der Waals surface area contributed by atoms with Crippen LogP contribution >= 0.6 is 22.0 Å². The molecular weight excluding hydrogens is 918 g/mol. The zero-order chi connectivity index (χ0) is 48.8. The van der Waals surface area contributed by atoms with Gasteiger partial charge >= 0.3 is 0 Å². The number of nitrogens with one attached hydrogen (secondary N) is 2. The number of hydrogen-bond acceptors (Lipinski definition) is 12. The van der Waals surface area contributed by atoms with Crippen LogP contribution in [0.25, 0.3) is 11.2 Å². The Balaban J connectivity index is 0.00000864. The van der Waals surface area contributed by atoms with Gasteiger partial charge in [0.05, 0.1) is 39.1 Å². The lowest BCUT2D eigenvalue weighted by molar-refractivity contribution is -0.118. The number of carbonyl (C=O) groups is 1. The molecule has 2 aromatic heterocycles. The molecular formula is C50H70N7O8PSSi. The molecule has 1 aliphatic heterocycles. The summed E-state index contributed by atoms with van der Waals surface area (Å²) in [6.07, 6.45) is -1.82. The van der Waals surface area contributed by atoms with Crippen LogP contribution in [-0.4, -0.2) is 89.1 Å². The van der Waals surface area contributed by atoms with Gasteiger partial charge in [-0.1, -0.05) is 107 Å². The van der Waals surface area contributed by atoms with Crippen molar-refractivity contribution in [2.75, 3.05) is 25.6 Å². The number of rotatable bonds is 20. The third-order valence-electron chi connectivity index (χ3n) is 12.5. The van der Waals surface area contributed by atoms with Crippen molar-refractivity contribution in [3.63, 3.8) is 0 Å². The van der Waals surface area contributed by atoms with E-state index in [0.717, 1.165) is 22.3 Å². The summed E-state index contributed by atoms with van der Waals surface area (Å²) in [7, 11) is -2.89. The number of ether oxygens (including phenoxy) is 3. The molecule has 15 nitrogen and oxygen atoms in total. The molecule has 6 atom stereocenters. The highest BCUT2D eigenvalue weighted by Gasteiger charge is 2.54. The van der Waals surface area contributed by atoms with Gasteiger partial charge < -0.3 is 27.7 Å². The van der Waals surface area contributed by atoms with Crippen LogP contribution < -0.4 is 15.6 Å². The van der Waals surface area contributed by atoms with Crippen molar-refractivity contribution in [1.82, 2.24) is 24.2 Å². The molecule has 1 saturated heterocycles. The van der Waals surface area contributed by atoms with Crippen molar-refractivity contribution in [3.05, 3.63) is 118 Å². The Hall–Kier alpha value is -4.47. The number of amides is 1. The molecule has 1 aliphatic rings. The molecule has 3 aromatic carbocycles. The SMILES string of the molecule is COc1ccc(C(OC[C@H]2O[C@@H](n3cnc4c(=O)[nH]c(NC(=O)C(C)C)nc43)[C@@H](OP(OCCC#N)N(C(C)C)C(C)C)C2O[Si](C)(C)C(C)(C)C)(c2ccccc2)c2ccc(C)cc2)cc1.S. The highest BCUT2D eigenvalue weighted by atomic mass is 32.1. The second kappa shape index (κ2) is 23.0. The maximum absolute atomic E-state index is 13.6. The molecule has 0 saturated carbocycles. The number of aromatic amines is 1. The van der Waals surface area contributed by atoms with Crippen LogP contribution in [0.3, 0.4) is 0 Å². The Kier molecular flexibility index (Phi) is 18.4. The van der Waals surface area contributed by atoms with Gasteiger partial charge in [-0.05, 0) is 81.6 Å². The van der Waals surface area contributed by atoms with Crippen LogP contribution in [0.1, 0.15) is 97.2 Å². The highest BCUT2D eigenvalue weighted by molar-refractivity contribution is 7.59. The van der Waals surface area contributed by atoms with E-state index >= 15 is 0 Å². The zero-order valence-corrected chi connectivity index (χ0v) is 44.6. The molecule has 68 heavy (non-hydrogen) atoms. The number of methoxy groups -OCH3 is 1. The van der Waals surface area contributed by atoms with E-state index in [4.69, 9.17) is 32.7 Å². The Morgan fingerprint density at radius 2 is 1.56 bits per heavy atom. The van der Waals surface area contributed by atoms with Gasteiger partial charge in [0.15, 0.2) is 25.7 Å². The summed E-state index contributed by atoms with van der Waals surface area (Å²) < 4.78 is 45.6. The van der Waals surface area contributed by atoms with Crippen molar-refractivity contribution in [1.29, 1.82) is 5.26 Å². The Labute approximate surface area is 410 Å². The van der Waals surface area contributed by atoms with Crippen molar-refractivity contribution in [2.24, 2.45) is 5.92 Å². The number of fused-ring (bicyclic) bond motifs is 1. The highest BCUT2D eigenvalue weighted by Crippen LogP contribution is 2.53. The van der Waals surface area contributed by atoms with E-state index in [1.54, 1.807) is 25.5 Å². The van der Waals surface area contributed by atoms with Crippen molar-refractivity contribution in [3.8, 4) is 11.8 Å². The maximum atomic E-state index is 13.6. The summed E-state index contributed by atoms with van der Waals surface area (Å²) in [4.78, 5) is 38.5. The summed E-state index contributed by atoms with van der Waals surface area (Å²) in [5.74, 6) is -0.0131. The summed E-state index contributed by atoms with van der Waals surface area (Å²) in [6, 6.07) is 28.5. The van der Waals surface area contributed by atoms with Gasteiger partial charge in [-0.3, -0.25) is 24.5 Å². The van der Waals surface area contributed by atoms with Crippen molar-refractivity contribution in [2.45, 2.75) is 136 Å². The lowest BCUT2D eigenvalue weighted by Gasteiger charge is -2.43. The molecule has 0 aliphatic carbocycles. The number of aryl methyl sites for hydroxylation is 1. The fourth-order valence-corrected chi connectivity index (χ4v) is 11.0. The average molecular weight is 988 g/mol. The summed E-state index contributed by atoms with van der Waals surface area (Å²) in [5.41, 5.74) is 2.29. The lowest BCUT2D eigenvalue weighted by atomic mass is 9.79. The smallest absolute Gasteiger partial charge is 0.280 e. The molecule has 1 amide bonds. The quantitative estimate of drug-likeness (QED) is 0.0327. The summed E-state index contributed by atoms with van der Waals surface area (Å²) in [6.45, 7) is 24.9. The molecule has 0 bridgehead atoms. The van der Waals surface area contributed by atoms with Gasteiger partial charge in [-0.15, -0.1) is 0 Å². The largest absolute Gasteiger partial charge is 0.497 e. The predicted molar refractivity (Wildman–Crippen MR) is 275 cm³/mol. The molecule has 3 unspecified atom stereocenters. The molecule has 6 rings (SSSR count). The van der Waals surface area contributed by atoms with Gasteiger partial charge in [0.2, 0.25) is 11.9 Å². The monoisotopic (exact) mass is 987 g/mol. The molecule has 1 fully saturated rings. The molecule has 18 heteroatoms. The van der Waals surface area contributed by atoms with Crippen molar-refractivity contribution < 1.29 is 32.5 Å². The topological polar surface area (TPSA) is 175 Å². The Bertz CT molecular complexity index is 2520. The van der Waals surface area contributed by atoms with Gasteiger partial charge in [-0.2, -0.15) is 23.7 Å². The fraction of sp³-hybridized carbons (Fsp3) is 0.500. The number of hydrogen-bond donors (Lipinski definition) is 2. The molecule has 368 valence electrons. The van der Waals surface area contributed by atoms with Gasteiger partial charge in [-0.25, -0.2) is 9.65 Å². The first-order valence-corrected chi connectivity index (χ1v) is 27.0. The number of carbonyl (C=O) groups excluding carboxylic acids is 1. The zero-order valence-electron chi connectivity index (χ0n) is 41.7. The minimum atomic E-state index is -2.67. The molecule has 5 aromatic rings. The second-order valence-corrected chi connectivity index (χ2v) is 25.5. The predicted octanol–water partition coefficient (Wildman–Crippen LogP) is 10.1. The average Bonchev–Trinajstić information content (AvgIpc) is 3.84. The van der Waals surface area contributed by atoms with Gasteiger partial charge in [0.25, 0.3) is 14.1 Å². The molecule has 3 heterocycles.